The van der Waals surface area contributed by atoms with E-state index in [0.29, 0.717) is 23.7 Å². The minimum Gasteiger partial charge on any atom is -0.487 e. The number of carbonyl (C=O) groups excluding carboxylic acids is 1. The van der Waals surface area contributed by atoms with E-state index in [9.17, 15) is 4.79 Å². The Morgan fingerprint density at radius 1 is 1.24 bits per heavy atom. The molecule has 0 aliphatic carbocycles. The summed E-state index contributed by atoms with van der Waals surface area (Å²) in [5.74, 6) is 1.06. The van der Waals surface area contributed by atoms with Gasteiger partial charge in [0.05, 0.1) is 11.7 Å². The smallest absolute Gasteiger partial charge is 0.251 e. The zero-order valence-electron chi connectivity index (χ0n) is 14.0. The molecule has 1 amide bonds. The van der Waals surface area contributed by atoms with Crippen LogP contribution < -0.4 is 10.1 Å². The summed E-state index contributed by atoms with van der Waals surface area (Å²) in [6, 6.07) is 12.3. The molecule has 25 heavy (non-hydrogen) atoms. The van der Waals surface area contributed by atoms with E-state index < -0.39 is 0 Å². The predicted octanol–water partition coefficient (Wildman–Crippen LogP) is 1.68. The van der Waals surface area contributed by atoms with Gasteiger partial charge < -0.3 is 10.1 Å². The second-order valence-corrected chi connectivity index (χ2v) is 5.49. The van der Waals surface area contributed by atoms with Crippen LogP contribution in [0.5, 0.6) is 5.75 Å². The first-order valence-electron chi connectivity index (χ1n) is 7.79. The van der Waals surface area contributed by atoms with Crippen LogP contribution in [0, 0.1) is 0 Å². The average molecular weight is 338 g/mol. The van der Waals surface area contributed by atoms with Crippen molar-refractivity contribution < 1.29 is 9.53 Å². The van der Waals surface area contributed by atoms with Crippen LogP contribution in [0.2, 0.25) is 0 Å². The number of ether oxygens (including phenoxy) is 1. The summed E-state index contributed by atoms with van der Waals surface area (Å²) in [5, 5.41) is 14.1. The number of rotatable bonds is 6. The number of tetrazole rings is 1. The molecule has 2 heterocycles. The highest BCUT2D eigenvalue weighted by Crippen LogP contribution is 2.15. The van der Waals surface area contributed by atoms with Gasteiger partial charge in [-0.2, -0.15) is 0 Å². The maximum atomic E-state index is 12.3. The fourth-order valence-corrected chi connectivity index (χ4v) is 2.29. The van der Waals surface area contributed by atoms with E-state index in [-0.39, 0.29) is 11.9 Å². The molecule has 1 aromatic carbocycles. The normalized spacial score (nSPS) is 11.8. The lowest BCUT2D eigenvalue weighted by atomic mass is 10.2. The molecule has 0 saturated heterocycles. The number of pyridine rings is 1. The lowest BCUT2D eigenvalue weighted by molar-refractivity contribution is 0.0937. The minimum atomic E-state index is -0.299. The Balaban J connectivity index is 1.58. The van der Waals surface area contributed by atoms with Crippen molar-refractivity contribution in [3.63, 3.8) is 0 Å². The average Bonchev–Trinajstić information content (AvgIpc) is 3.07. The molecule has 0 aliphatic heterocycles. The number of nitrogens with zero attached hydrogens (tertiary/aromatic N) is 5. The van der Waals surface area contributed by atoms with Crippen molar-refractivity contribution in [2.45, 2.75) is 19.6 Å². The maximum absolute atomic E-state index is 12.3. The Kier molecular flexibility index (Phi) is 4.98. The van der Waals surface area contributed by atoms with E-state index in [0.717, 1.165) is 5.69 Å². The second kappa shape index (κ2) is 7.52. The molecule has 3 rings (SSSR count). The van der Waals surface area contributed by atoms with Crippen LogP contribution in [0.1, 0.15) is 34.8 Å². The zero-order chi connectivity index (χ0) is 17.6. The molecule has 0 fully saturated rings. The van der Waals surface area contributed by atoms with Gasteiger partial charge in [-0.1, -0.05) is 6.07 Å². The Hall–Kier alpha value is -3.29. The van der Waals surface area contributed by atoms with Crippen molar-refractivity contribution in [3.05, 3.63) is 65.7 Å². The van der Waals surface area contributed by atoms with Crippen LogP contribution in [0.3, 0.4) is 0 Å². The van der Waals surface area contributed by atoms with E-state index in [1.165, 1.54) is 4.68 Å². The maximum Gasteiger partial charge on any atom is 0.251 e. The first-order valence-corrected chi connectivity index (χ1v) is 7.79. The number of benzene rings is 1. The van der Waals surface area contributed by atoms with Gasteiger partial charge in [0.2, 0.25) is 0 Å². The van der Waals surface area contributed by atoms with Crippen LogP contribution in [0.4, 0.5) is 0 Å². The van der Waals surface area contributed by atoms with E-state index in [2.05, 4.69) is 25.8 Å². The van der Waals surface area contributed by atoms with E-state index in [1.807, 2.05) is 25.1 Å². The standard InChI is InChI=1S/C17H18N6O2/c1-12(16-20-21-22-23(16)2)19-17(24)13-6-8-15(9-7-13)25-11-14-5-3-4-10-18-14/h3-10,12H,11H2,1-2H3,(H,19,24)/t12-/m0/s1. The summed E-state index contributed by atoms with van der Waals surface area (Å²) in [4.78, 5) is 16.5. The van der Waals surface area contributed by atoms with Crippen molar-refractivity contribution in [1.29, 1.82) is 0 Å². The number of aryl methyl sites for hydroxylation is 1. The molecule has 2 aromatic heterocycles. The van der Waals surface area contributed by atoms with Gasteiger partial charge in [-0.05, 0) is 53.7 Å². The van der Waals surface area contributed by atoms with Gasteiger partial charge in [-0.3, -0.25) is 9.78 Å². The minimum absolute atomic E-state index is 0.202. The van der Waals surface area contributed by atoms with E-state index >= 15 is 0 Å². The third-order valence-corrected chi connectivity index (χ3v) is 3.62. The Morgan fingerprint density at radius 3 is 2.68 bits per heavy atom. The lowest BCUT2D eigenvalue weighted by Gasteiger charge is -2.12. The number of aromatic nitrogens is 5. The summed E-state index contributed by atoms with van der Waals surface area (Å²) >= 11 is 0. The molecule has 1 N–H and O–H groups in total. The highest BCUT2D eigenvalue weighted by Gasteiger charge is 2.16. The largest absolute Gasteiger partial charge is 0.487 e. The quantitative estimate of drug-likeness (QED) is 0.735. The van der Waals surface area contributed by atoms with Gasteiger partial charge in [-0.25, -0.2) is 4.68 Å². The van der Waals surface area contributed by atoms with Crippen LogP contribution in [-0.2, 0) is 13.7 Å². The number of carbonyl (C=O) groups is 1. The molecular weight excluding hydrogens is 320 g/mol. The Morgan fingerprint density at radius 2 is 2.04 bits per heavy atom. The monoisotopic (exact) mass is 338 g/mol. The van der Waals surface area contributed by atoms with Gasteiger partial charge in [0.15, 0.2) is 5.82 Å². The van der Waals surface area contributed by atoms with Crippen LogP contribution in [0.15, 0.2) is 48.7 Å². The fourth-order valence-electron chi connectivity index (χ4n) is 2.29. The molecule has 0 saturated carbocycles. The first-order chi connectivity index (χ1) is 12.1. The number of amides is 1. The topological polar surface area (TPSA) is 94.8 Å². The summed E-state index contributed by atoms with van der Waals surface area (Å²) in [7, 11) is 1.73. The molecule has 128 valence electrons. The molecule has 0 unspecified atom stereocenters. The zero-order valence-corrected chi connectivity index (χ0v) is 14.0. The van der Waals surface area contributed by atoms with Crippen LogP contribution in [0.25, 0.3) is 0 Å². The van der Waals surface area contributed by atoms with Crippen molar-refractivity contribution in [1.82, 2.24) is 30.5 Å². The van der Waals surface area contributed by atoms with Gasteiger partial charge in [0.1, 0.15) is 12.4 Å². The summed E-state index contributed by atoms with van der Waals surface area (Å²) in [6.07, 6.45) is 1.72. The summed E-state index contributed by atoms with van der Waals surface area (Å²) < 4.78 is 7.19. The molecule has 0 bridgehead atoms. The number of hydrogen-bond acceptors (Lipinski definition) is 6. The summed E-state index contributed by atoms with van der Waals surface area (Å²) in [6.45, 7) is 2.20. The number of hydrogen-bond donors (Lipinski definition) is 1. The van der Waals surface area contributed by atoms with Crippen molar-refractivity contribution in [2.75, 3.05) is 0 Å². The van der Waals surface area contributed by atoms with E-state index in [4.69, 9.17) is 4.74 Å². The highest BCUT2D eigenvalue weighted by atomic mass is 16.5. The van der Waals surface area contributed by atoms with Crippen molar-refractivity contribution in [3.8, 4) is 5.75 Å². The van der Waals surface area contributed by atoms with Crippen molar-refractivity contribution >= 4 is 5.91 Å². The van der Waals surface area contributed by atoms with Gasteiger partial charge in [0.25, 0.3) is 5.91 Å². The SMILES string of the molecule is C[C@H](NC(=O)c1ccc(OCc2ccccn2)cc1)c1nnnn1C. The lowest BCUT2D eigenvalue weighted by Crippen LogP contribution is -2.28. The predicted molar refractivity (Wildman–Crippen MR) is 89.7 cm³/mol. The fraction of sp³-hybridized carbons (Fsp3) is 0.235. The molecular formula is C17H18N6O2. The van der Waals surface area contributed by atoms with Crippen LogP contribution in [-0.4, -0.2) is 31.1 Å². The van der Waals surface area contributed by atoms with Gasteiger partial charge >= 0.3 is 0 Å². The first kappa shape index (κ1) is 16.6. The van der Waals surface area contributed by atoms with Crippen LogP contribution >= 0.6 is 0 Å². The van der Waals surface area contributed by atoms with Gasteiger partial charge in [-0.15, -0.1) is 5.10 Å². The Bertz CT molecular complexity index is 832. The molecule has 0 aliphatic rings. The molecule has 0 radical (unpaired) electrons. The molecule has 3 aromatic rings. The third kappa shape index (κ3) is 4.17. The van der Waals surface area contributed by atoms with Crippen molar-refractivity contribution in [2.24, 2.45) is 7.05 Å². The Labute approximate surface area is 144 Å². The molecule has 0 spiro atoms. The van der Waals surface area contributed by atoms with Gasteiger partial charge in [0, 0.05) is 18.8 Å². The highest BCUT2D eigenvalue weighted by molar-refractivity contribution is 5.94. The molecule has 1 atom stereocenters. The number of nitrogens with one attached hydrogen (secondary N) is 1. The molecule has 8 nitrogen and oxygen atoms in total. The van der Waals surface area contributed by atoms with E-state index in [1.54, 1.807) is 37.5 Å². The third-order valence-electron chi connectivity index (χ3n) is 3.62. The molecule has 8 heteroatoms. The second-order valence-electron chi connectivity index (χ2n) is 5.49. The summed E-state index contributed by atoms with van der Waals surface area (Å²) in [5.41, 5.74) is 1.38.